The number of carbonyl (C=O) groups excluding carboxylic acids is 2. The molecule has 3 rings (SSSR count). The minimum atomic E-state index is -0.537. The highest BCUT2D eigenvalue weighted by Crippen LogP contribution is 2.45. The average Bonchev–Trinajstić information content (AvgIpc) is 2.95. The summed E-state index contributed by atoms with van der Waals surface area (Å²) in [5.74, 6) is 0.316. The summed E-state index contributed by atoms with van der Waals surface area (Å²) in [5, 5.41) is 22.5. The second kappa shape index (κ2) is 15.1. The number of carbonyl (C=O) groups is 2. The molecule has 1 aliphatic rings. The fourth-order valence-electron chi connectivity index (χ4n) is 7.84. The van der Waals surface area contributed by atoms with Gasteiger partial charge in [0.1, 0.15) is 17.6 Å². The Hall–Kier alpha value is -2.90. The van der Waals surface area contributed by atoms with E-state index in [1.807, 2.05) is 31.2 Å². The van der Waals surface area contributed by atoms with Crippen molar-refractivity contribution in [2.24, 2.45) is 0 Å². The summed E-state index contributed by atoms with van der Waals surface area (Å²) < 4.78 is 12.7. The molecule has 7 heteroatoms. The quantitative estimate of drug-likeness (QED) is 0.186. The van der Waals surface area contributed by atoms with Crippen molar-refractivity contribution < 1.29 is 29.3 Å². The maximum atomic E-state index is 13.6. The molecule has 1 unspecified atom stereocenters. The molecule has 1 atom stereocenters. The third kappa shape index (κ3) is 10.2. The second-order valence-electron chi connectivity index (χ2n) is 20.5. The number of rotatable bonds is 10. The van der Waals surface area contributed by atoms with E-state index in [-0.39, 0.29) is 69.2 Å². The minimum absolute atomic E-state index is 0.00527. The molecule has 1 fully saturated rings. The Bertz CT molecular complexity index is 1520. The number of hydrogen-bond donors (Lipinski definition) is 2. The Morgan fingerprint density at radius 2 is 1.12 bits per heavy atom. The highest BCUT2D eigenvalue weighted by atomic mass is 16.5. The largest absolute Gasteiger partial charge is 0.507 e. The maximum Gasteiger partial charge on any atom is 0.306 e. The molecule has 0 aromatic heterocycles. The second-order valence-corrected chi connectivity index (χ2v) is 20.5. The van der Waals surface area contributed by atoms with E-state index >= 15 is 0 Å². The lowest BCUT2D eigenvalue weighted by Gasteiger charge is -2.55. The first-order chi connectivity index (χ1) is 23.4. The van der Waals surface area contributed by atoms with E-state index < -0.39 is 6.10 Å². The van der Waals surface area contributed by atoms with Crippen LogP contribution in [0.4, 0.5) is 0 Å². The standard InChI is InChI=1S/C45H71NO6/c1-18-37(48)52-36(29-23-33(42(8,9)10)39(50)34(24-29)43(11,12)13)27-46-44(14,15)25-30(26-45(46,16)17)51-20-19-35(47)28-21-31(40(2,3)4)38(49)32(22-28)41(5,6)7/h21-24,30,36,49-50H,18-20,25-27H2,1-17H3. The summed E-state index contributed by atoms with van der Waals surface area (Å²) >= 11 is 0. The number of esters is 1. The van der Waals surface area contributed by atoms with Gasteiger partial charge in [0, 0.05) is 47.2 Å². The van der Waals surface area contributed by atoms with E-state index in [0.717, 1.165) is 40.7 Å². The lowest BCUT2D eigenvalue weighted by molar-refractivity contribution is -0.157. The molecule has 1 heterocycles. The first-order valence-corrected chi connectivity index (χ1v) is 19.3. The number of ether oxygens (including phenoxy) is 2. The molecule has 0 radical (unpaired) electrons. The number of nitrogens with zero attached hydrogens (tertiary/aromatic N) is 1. The van der Waals surface area contributed by atoms with Gasteiger partial charge in [-0.3, -0.25) is 14.5 Å². The van der Waals surface area contributed by atoms with Crippen LogP contribution in [0, 0.1) is 0 Å². The van der Waals surface area contributed by atoms with Crippen LogP contribution < -0.4 is 0 Å². The first kappa shape index (κ1) is 43.5. The molecule has 2 aromatic carbocycles. The van der Waals surface area contributed by atoms with Crippen LogP contribution in [0.3, 0.4) is 0 Å². The van der Waals surface area contributed by atoms with Crippen molar-refractivity contribution in [1.82, 2.24) is 4.90 Å². The SMILES string of the molecule is CCC(=O)OC(CN1C(C)(C)CC(OCCC(=O)c2cc(C(C)(C)C)c(O)c(C(C)(C)C)c2)CC1(C)C)c1cc(C(C)(C)C)c(O)c(C(C)(C)C)c1. The highest BCUT2D eigenvalue weighted by molar-refractivity contribution is 5.97. The van der Waals surface area contributed by atoms with Crippen LogP contribution in [-0.4, -0.2) is 57.2 Å². The maximum absolute atomic E-state index is 13.6. The molecule has 7 nitrogen and oxygen atoms in total. The molecule has 2 N–H and O–H groups in total. The third-order valence-electron chi connectivity index (χ3n) is 10.7. The van der Waals surface area contributed by atoms with E-state index in [2.05, 4.69) is 116 Å². The van der Waals surface area contributed by atoms with Crippen molar-refractivity contribution in [3.05, 3.63) is 57.6 Å². The molecule has 0 spiro atoms. The van der Waals surface area contributed by atoms with Crippen molar-refractivity contribution in [2.45, 2.75) is 188 Å². The number of piperidine rings is 1. The van der Waals surface area contributed by atoms with Crippen LogP contribution in [0.1, 0.15) is 188 Å². The number of aromatic hydroxyl groups is 2. The number of ketones is 1. The van der Waals surface area contributed by atoms with Crippen LogP contribution in [0.15, 0.2) is 24.3 Å². The zero-order chi connectivity index (χ0) is 40.0. The fraction of sp³-hybridized carbons (Fsp3) is 0.689. The zero-order valence-corrected chi connectivity index (χ0v) is 35.7. The molecule has 0 bridgehead atoms. The number of hydrogen-bond acceptors (Lipinski definition) is 7. The number of benzene rings is 2. The first-order valence-electron chi connectivity index (χ1n) is 19.3. The van der Waals surface area contributed by atoms with Gasteiger partial charge in [0.2, 0.25) is 0 Å². The Morgan fingerprint density at radius 3 is 1.48 bits per heavy atom. The van der Waals surface area contributed by atoms with E-state index in [1.54, 1.807) is 0 Å². The summed E-state index contributed by atoms with van der Waals surface area (Å²) in [6.07, 6.45) is 1.42. The van der Waals surface area contributed by atoms with Gasteiger partial charge < -0.3 is 19.7 Å². The molecule has 1 saturated heterocycles. The van der Waals surface area contributed by atoms with Gasteiger partial charge in [-0.25, -0.2) is 0 Å². The number of phenols is 2. The Balaban J connectivity index is 1.87. The summed E-state index contributed by atoms with van der Waals surface area (Å²) in [4.78, 5) is 29.0. The number of Topliss-reactive ketones (excluding diaryl/α,β-unsaturated/α-hetero) is 1. The molecule has 0 aliphatic carbocycles. The topological polar surface area (TPSA) is 96.3 Å². The molecule has 52 heavy (non-hydrogen) atoms. The normalized spacial score (nSPS) is 17.9. The molecular formula is C45H71NO6. The minimum Gasteiger partial charge on any atom is -0.507 e. The monoisotopic (exact) mass is 722 g/mol. The summed E-state index contributed by atoms with van der Waals surface area (Å²) in [6, 6.07) is 7.74. The van der Waals surface area contributed by atoms with Gasteiger partial charge >= 0.3 is 5.97 Å². The summed E-state index contributed by atoms with van der Waals surface area (Å²) in [7, 11) is 0. The molecule has 2 aromatic rings. The average molecular weight is 722 g/mol. The molecule has 292 valence electrons. The van der Waals surface area contributed by atoms with E-state index in [4.69, 9.17) is 9.47 Å². The van der Waals surface area contributed by atoms with Crippen LogP contribution in [0.5, 0.6) is 11.5 Å². The van der Waals surface area contributed by atoms with Gasteiger partial charge in [0.05, 0.1) is 12.7 Å². The van der Waals surface area contributed by atoms with Crippen LogP contribution >= 0.6 is 0 Å². The molecular weight excluding hydrogens is 650 g/mol. The van der Waals surface area contributed by atoms with E-state index in [0.29, 0.717) is 24.5 Å². The third-order valence-corrected chi connectivity index (χ3v) is 10.7. The summed E-state index contributed by atoms with van der Waals surface area (Å²) in [5.41, 5.74) is 2.82. The Morgan fingerprint density at radius 1 is 0.731 bits per heavy atom. The number of phenolic OH excluding ortho intramolecular Hbond substituents is 2. The highest BCUT2D eigenvalue weighted by Gasteiger charge is 2.47. The van der Waals surface area contributed by atoms with Crippen molar-refractivity contribution in [1.29, 1.82) is 0 Å². The molecule has 0 saturated carbocycles. The lowest BCUT2D eigenvalue weighted by Crippen LogP contribution is -2.63. The number of likely N-dealkylation sites (tertiary alicyclic amines) is 1. The van der Waals surface area contributed by atoms with Crippen LogP contribution in [-0.2, 0) is 35.9 Å². The van der Waals surface area contributed by atoms with Crippen molar-refractivity contribution in [3.8, 4) is 11.5 Å². The van der Waals surface area contributed by atoms with Gasteiger partial charge in [0.15, 0.2) is 5.78 Å². The summed E-state index contributed by atoms with van der Waals surface area (Å²) in [6.45, 7) is 36.3. The van der Waals surface area contributed by atoms with Crippen LogP contribution in [0.25, 0.3) is 0 Å². The predicted molar refractivity (Wildman–Crippen MR) is 213 cm³/mol. The van der Waals surface area contributed by atoms with E-state index in [1.165, 1.54) is 0 Å². The predicted octanol–water partition coefficient (Wildman–Crippen LogP) is 10.6. The molecule has 1 aliphatic heterocycles. The smallest absolute Gasteiger partial charge is 0.306 e. The van der Waals surface area contributed by atoms with E-state index in [9.17, 15) is 19.8 Å². The van der Waals surface area contributed by atoms with Crippen molar-refractivity contribution in [3.63, 3.8) is 0 Å². The van der Waals surface area contributed by atoms with Gasteiger partial charge in [-0.05, 0) is 103 Å². The molecule has 0 amide bonds. The van der Waals surface area contributed by atoms with Crippen molar-refractivity contribution >= 4 is 11.8 Å². The fourth-order valence-corrected chi connectivity index (χ4v) is 7.84. The van der Waals surface area contributed by atoms with Crippen LogP contribution in [0.2, 0.25) is 0 Å². The van der Waals surface area contributed by atoms with Crippen molar-refractivity contribution in [2.75, 3.05) is 13.2 Å². The lowest BCUT2D eigenvalue weighted by atomic mass is 9.76. The van der Waals surface area contributed by atoms with Gasteiger partial charge in [-0.2, -0.15) is 0 Å². The van der Waals surface area contributed by atoms with Gasteiger partial charge in [0.25, 0.3) is 0 Å². The van der Waals surface area contributed by atoms with Gasteiger partial charge in [-0.1, -0.05) is 90.0 Å². The van der Waals surface area contributed by atoms with Gasteiger partial charge in [-0.15, -0.1) is 0 Å². The zero-order valence-electron chi connectivity index (χ0n) is 35.7. The Labute approximate surface area is 315 Å². The Kier molecular flexibility index (Phi) is 12.6.